The van der Waals surface area contributed by atoms with Gasteiger partial charge in [-0.3, -0.25) is 0 Å². The van der Waals surface area contributed by atoms with Crippen LogP contribution in [0.3, 0.4) is 0 Å². The van der Waals surface area contributed by atoms with E-state index in [9.17, 15) is 13.2 Å². The van der Waals surface area contributed by atoms with E-state index >= 15 is 0 Å². The average molecular weight is 210 g/mol. The Labute approximate surface area is 77.0 Å². The number of rotatable bonds is 2. The van der Waals surface area contributed by atoms with Gasteiger partial charge < -0.3 is 5.11 Å². The maximum Gasteiger partial charge on any atom is 0.443 e. The van der Waals surface area contributed by atoms with Gasteiger partial charge in [0.25, 0.3) is 0 Å². The number of nitrogens with zero attached hydrogens (tertiary/aromatic N) is 1. The second kappa shape index (κ2) is 3.63. The van der Waals surface area contributed by atoms with E-state index in [2.05, 4.69) is 4.98 Å². The highest BCUT2D eigenvalue weighted by molar-refractivity contribution is 7.12. The molecule has 0 aliphatic rings. The summed E-state index contributed by atoms with van der Waals surface area (Å²) in [6.45, 7) is 1.66. The lowest BCUT2D eigenvalue weighted by molar-refractivity contribution is -0.137. The van der Waals surface area contributed by atoms with Crippen LogP contribution in [0.1, 0.15) is 23.2 Å². The van der Waals surface area contributed by atoms with E-state index < -0.39 is 11.2 Å². The fourth-order valence-corrected chi connectivity index (χ4v) is 1.51. The molecule has 0 spiro atoms. The summed E-state index contributed by atoms with van der Waals surface area (Å²) in [7, 11) is 0. The molecule has 13 heavy (non-hydrogen) atoms. The van der Waals surface area contributed by atoms with E-state index in [1.165, 1.54) is 0 Å². The molecule has 0 atom stereocenters. The first-order valence-corrected chi connectivity index (χ1v) is 4.35. The van der Waals surface area contributed by atoms with Crippen LogP contribution < -0.4 is 0 Å². The molecule has 2 nitrogen and oxygen atoms in total. The van der Waals surface area contributed by atoms with Crippen molar-refractivity contribution in [2.75, 3.05) is 0 Å². The molecule has 0 saturated carbocycles. The Morgan fingerprint density at radius 3 is 2.62 bits per heavy atom. The molecule has 0 aromatic carbocycles. The molecule has 0 bridgehead atoms. The fourth-order valence-electron chi connectivity index (χ4n) is 0.713. The van der Waals surface area contributed by atoms with Gasteiger partial charge in [-0.25, -0.2) is 4.98 Å². The number of hydrogen-bond donors (Lipinski definition) is 1. The first kappa shape index (κ1) is 10.5. The first-order chi connectivity index (χ1) is 5.95. The van der Waals surface area contributed by atoms with E-state index in [1.54, 1.807) is 6.92 Å². The molecule has 1 aromatic heterocycles. The van der Waals surface area contributed by atoms with Crippen LogP contribution in [0.15, 0.2) is 6.20 Å². The number of aromatic nitrogens is 1. The van der Waals surface area contributed by atoms with E-state index in [1.807, 2.05) is 0 Å². The average Bonchev–Trinajstić information content (AvgIpc) is 2.50. The molecule has 1 heterocycles. The van der Waals surface area contributed by atoms with Crippen LogP contribution in [0.2, 0.25) is 0 Å². The Balaban J connectivity index is 2.87. The smallest absolute Gasteiger partial charge is 0.381 e. The predicted molar refractivity (Wildman–Crippen MR) is 41.7 cm³/mol. The van der Waals surface area contributed by atoms with Gasteiger partial charge in [0.1, 0.15) is 6.10 Å². The number of hydrogen-bond acceptors (Lipinski definition) is 3. The molecule has 1 rings (SSSR count). The summed E-state index contributed by atoms with van der Waals surface area (Å²) < 4.78 is 36.1. The molecule has 1 aromatic rings. The van der Waals surface area contributed by atoms with Gasteiger partial charge in [-0.15, -0.1) is 11.3 Å². The zero-order valence-corrected chi connectivity index (χ0v) is 7.54. The van der Waals surface area contributed by atoms with Crippen molar-refractivity contribution in [2.45, 2.75) is 19.5 Å². The Morgan fingerprint density at radius 2 is 2.23 bits per heavy atom. The SMILES string of the molecule is CC[C](O)c1cnc(C(F)(F)F)s1. The molecule has 0 aliphatic carbocycles. The zero-order chi connectivity index (χ0) is 10.1. The lowest BCUT2D eigenvalue weighted by Crippen LogP contribution is -2.02. The maximum absolute atomic E-state index is 12.0. The van der Waals surface area contributed by atoms with Gasteiger partial charge in [-0.2, -0.15) is 13.2 Å². The minimum atomic E-state index is -4.42. The number of aliphatic hydroxyl groups excluding tert-OH is 1. The summed E-state index contributed by atoms with van der Waals surface area (Å²) in [5.74, 6) is 0. The summed E-state index contributed by atoms with van der Waals surface area (Å²) in [6.07, 6.45) is -3.14. The molecule has 0 aliphatic heterocycles. The summed E-state index contributed by atoms with van der Waals surface area (Å²) in [5.41, 5.74) is 0. The van der Waals surface area contributed by atoms with Gasteiger partial charge in [-0.05, 0) is 6.42 Å². The maximum atomic E-state index is 12.0. The molecule has 1 radical (unpaired) electrons. The number of alkyl halides is 3. The minimum Gasteiger partial charge on any atom is -0.381 e. The van der Waals surface area contributed by atoms with E-state index in [0.717, 1.165) is 6.20 Å². The summed E-state index contributed by atoms with van der Waals surface area (Å²) in [5, 5.41) is 8.20. The van der Waals surface area contributed by atoms with E-state index in [-0.39, 0.29) is 11.0 Å². The van der Waals surface area contributed by atoms with Gasteiger partial charge in [-0.1, -0.05) is 6.92 Å². The zero-order valence-electron chi connectivity index (χ0n) is 6.72. The van der Waals surface area contributed by atoms with E-state index in [0.29, 0.717) is 17.8 Å². The summed E-state index contributed by atoms with van der Waals surface area (Å²) in [4.78, 5) is 3.34. The highest BCUT2D eigenvalue weighted by Crippen LogP contribution is 2.34. The molecular formula is C7H7F3NOS. The second-order valence-corrected chi connectivity index (χ2v) is 3.36. The third kappa shape index (κ3) is 2.41. The van der Waals surface area contributed by atoms with E-state index in [4.69, 9.17) is 5.11 Å². The molecule has 73 valence electrons. The van der Waals surface area contributed by atoms with Crippen molar-refractivity contribution in [2.24, 2.45) is 0 Å². The highest BCUT2D eigenvalue weighted by atomic mass is 32.1. The molecule has 6 heteroatoms. The predicted octanol–water partition coefficient (Wildman–Crippen LogP) is 2.82. The van der Waals surface area contributed by atoms with Crippen LogP contribution in [0, 0.1) is 6.10 Å². The Morgan fingerprint density at radius 1 is 1.62 bits per heavy atom. The molecule has 0 amide bonds. The van der Waals surface area contributed by atoms with Crippen molar-refractivity contribution < 1.29 is 18.3 Å². The molecule has 0 saturated heterocycles. The largest absolute Gasteiger partial charge is 0.443 e. The van der Waals surface area contributed by atoms with Gasteiger partial charge >= 0.3 is 6.18 Å². The van der Waals surface area contributed by atoms with Crippen molar-refractivity contribution >= 4 is 11.3 Å². The van der Waals surface area contributed by atoms with Crippen molar-refractivity contribution in [3.8, 4) is 0 Å². The minimum absolute atomic E-state index is 0.0620. The van der Waals surface area contributed by atoms with Crippen molar-refractivity contribution in [1.82, 2.24) is 4.98 Å². The van der Waals surface area contributed by atoms with Crippen LogP contribution in [0.25, 0.3) is 0 Å². The standard InChI is InChI=1S/C7H7F3NOS/c1-2-4(12)5-3-11-6(13-5)7(8,9)10/h3,12H,2H2,1H3. The van der Waals surface area contributed by atoms with Crippen molar-refractivity contribution in [3.63, 3.8) is 0 Å². The molecule has 0 fully saturated rings. The summed E-state index contributed by atoms with van der Waals surface area (Å²) >= 11 is 0.449. The molecular weight excluding hydrogens is 203 g/mol. The third-order valence-electron chi connectivity index (χ3n) is 1.37. The summed E-state index contributed by atoms with van der Waals surface area (Å²) in [6, 6.07) is 0. The van der Waals surface area contributed by atoms with Gasteiger partial charge in [0.2, 0.25) is 0 Å². The van der Waals surface area contributed by atoms with Crippen molar-refractivity contribution in [3.05, 3.63) is 22.2 Å². The Hall–Kier alpha value is -0.620. The van der Waals surface area contributed by atoms with Gasteiger partial charge in [0, 0.05) is 6.20 Å². The topological polar surface area (TPSA) is 33.1 Å². The third-order valence-corrected chi connectivity index (χ3v) is 2.46. The van der Waals surface area contributed by atoms with Crippen LogP contribution >= 0.6 is 11.3 Å². The van der Waals surface area contributed by atoms with Crippen LogP contribution in [0.5, 0.6) is 0 Å². The number of aliphatic hydroxyl groups is 1. The quantitative estimate of drug-likeness (QED) is 0.814. The van der Waals surface area contributed by atoms with Gasteiger partial charge in [0.15, 0.2) is 5.01 Å². The van der Waals surface area contributed by atoms with Crippen LogP contribution in [-0.2, 0) is 6.18 Å². The lowest BCUT2D eigenvalue weighted by Gasteiger charge is -2.01. The van der Waals surface area contributed by atoms with Crippen LogP contribution in [0.4, 0.5) is 13.2 Å². The second-order valence-electron chi connectivity index (χ2n) is 2.33. The highest BCUT2D eigenvalue weighted by Gasteiger charge is 2.35. The van der Waals surface area contributed by atoms with Crippen molar-refractivity contribution in [1.29, 1.82) is 0 Å². The Bertz CT molecular complexity index is 284. The normalized spacial score (nSPS) is 12.5. The number of thiazole rings is 1. The first-order valence-electron chi connectivity index (χ1n) is 3.53. The van der Waals surface area contributed by atoms with Gasteiger partial charge in [0.05, 0.1) is 4.88 Å². The Kier molecular flexibility index (Phi) is 2.92. The van der Waals surface area contributed by atoms with Crippen LogP contribution in [-0.4, -0.2) is 10.1 Å². The molecule has 1 N–H and O–H groups in total. The lowest BCUT2D eigenvalue weighted by atomic mass is 10.2. The number of halogens is 3. The monoisotopic (exact) mass is 210 g/mol. The molecule has 0 unspecified atom stereocenters. The fraction of sp³-hybridized carbons (Fsp3) is 0.429.